The smallest absolute Gasteiger partial charge is 0.124 e. The van der Waals surface area contributed by atoms with Crippen LogP contribution in [0.4, 0.5) is 5.69 Å². The van der Waals surface area contributed by atoms with E-state index in [2.05, 4.69) is 32.2 Å². The zero-order valence-electron chi connectivity index (χ0n) is 14.3. The highest BCUT2D eigenvalue weighted by atomic mass is 16.5. The summed E-state index contributed by atoms with van der Waals surface area (Å²) in [5.74, 6) is 2.40. The van der Waals surface area contributed by atoms with Gasteiger partial charge in [0.05, 0.1) is 13.2 Å². The van der Waals surface area contributed by atoms with Crippen LogP contribution in [0.2, 0.25) is 0 Å². The van der Waals surface area contributed by atoms with E-state index in [1.807, 2.05) is 42.5 Å². The number of nitrogens with one attached hydrogen (secondary N) is 1. The van der Waals surface area contributed by atoms with E-state index in [1.165, 1.54) is 5.56 Å². The minimum atomic E-state index is 0.535. The molecule has 0 aliphatic rings. The zero-order valence-corrected chi connectivity index (χ0v) is 14.3. The van der Waals surface area contributed by atoms with Gasteiger partial charge in [-0.15, -0.1) is 0 Å². The van der Waals surface area contributed by atoms with Crippen molar-refractivity contribution in [2.75, 3.05) is 18.5 Å². The Labute approximate surface area is 139 Å². The summed E-state index contributed by atoms with van der Waals surface area (Å²) in [5, 5.41) is 3.43. The Hall–Kier alpha value is -2.16. The van der Waals surface area contributed by atoms with Crippen LogP contribution in [0.5, 0.6) is 11.5 Å². The summed E-state index contributed by atoms with van der Waals surface area (Å²) in [5.41, 5.74) is 2.24. The third kappa shape index (κ3) is 5.85. The average Bonchev–Trinajstić information content (AvgIpc) is 2.58. The topological polar surface area (TPSA) is 30.5 Å². The van der Waals surface area contributed by atoms with Gasteiger partial charge in [-0.25, -0.2) is 0 Å². The van der Waals surface area contributed by atoms with Crippen molar-refractivity contribution in [3.05, 3.63) is 54.1 Å². The maximum absolute atomic E-state index is 5.79. The fourth-order valence-electron chi connectivity index (χ4n) is 2.13. The van der Waals surface area contributed by atoms with Crippen LogP contribution in [0.15, 0.2) is 48.5 Å². The van der Waals surface area contributed by atoms with Gasteiger partial charge in [0.2, 0.25) is 0 Å². The zero-order chi connectivity index (χ0) is 16.5. The second-order valence-corrected chi connectivity index (χ2v) is 6.04. The molecule has 0 heterocycles. The van der Waals surface area contributed by atoms with Crippen molar-refractivity contribution in [3.8, 4) is 11.5 Å². The number of anilines is 1. The molecule has 3 heteroatoms. The molecule has 0 fully saturated rings. The highest BCUT2D eigenvalue weighted by molar-refractivity contribution is 5.47. The largest absolute Gasteiger partial charge is 0.493 e. The monoisotopic (exact) mass is 313 g/mol. The Morgan fingerprint density at radius 1 is 0.957 bits per heavy atom. The molecule has 0 radical (unpaired) electrons. The molecule has 0 saturated carbocycles. The number of hydrogen-bond acceptors (Lipinski definition) is 3. The third-order valence-corrected chi connectivity index (χ3v) is 3.35. The minimum absolute atomic E-state index is 0.535. The van der Waals surface area contributed by atoms with Crippen LogP contribution in [0.1, 0.15) is 32.8 Å². The van der Waals surface area contributed by atoms with Gasteiger partial charge in [-0.05, 0) is 42.7 Å². The summed E-state index contributed by atoms with van der Waals surface area (Å²) in [7, 11) is 0. The van der Waals surface area contributed by atoms with Gasteiger partial charge in [0.15, 0.2) is 0 Å². The first-order valence-electron chi connectivity index (χ1n) is 8.36. The molecule has 2 rings (SSSR count). The van der Waals surface area contributed by atoms with Crippen LogP contribution in [0.3, 0.4) is 0 Å². The predicted molar refractivity (Wildman–Crippen MR) is 96.3 cm³/mol. The van der Waals surface area contributed by atoms with E-state index in [9.17, 15) is 0 Å². The van der Waals surface area contributed by atoms with Gasteiger partial charge < -0.3 is 14.8 Å². The van der Waals surface area contributed by atoms with E-state index in [0.717, 1.165) is 43.4 Å². The maximum Gasteiger partial charge on any atom is 0.124 e. The molecular formula is C20H27NO2. The molecule has 3 nitrogen and oxygen atoms in total. The Kier molecular flexibility index (Phi) is 6.79. The normalized spacial score (nSPS) is 10.6. The number of rotatable bonds is 9. The van der Waals surface area contributed by atoms with Gasteiger partial charge in [0.1, 0.15) is 11.5 Å². The Balaban J connectivity index is 1.90. The highest BCUT2D eigenvalue weighted by Gasteiger charge is 2.03. The lowest BCUT2D eigenvalue weighted by Gasteiger charge is -2.13. The summed E-state index contributed by atoms with van der Waals surface area (Å²) in [6.07, 6.45) is 1.01. The molecule has 0 amide bonds. The molecule has 2 aromatic rings. The number of ether oxygens (including phenoxy) is 2. The molecule has 0 atom stereocenters. The summed E-state index contributed by atoms with van der Waals surface area (Å²) in [6.45, 7) is 8.64. The van der Waals surface area contributed by atoms with Crippen molar-refractivity contribution in [2.24, 2.45) is 5.92 Å². The van der Waals surface area contributed by atoms with E-state index in [1.54, 1.807) is 0 Å². The van der Waals surface area contributed by atoms with Crippen LogP contribution in [0, 0.1) is 5.92 Å². The lowest BCUT2D eigenvalue weighted by atomic mass is 10.2. The quantitative estimate of drug-likeness (QED) is 0.697. The van der Waals surface area contributed by atoms with Crippen molar-refractivity contribution in [2.45, 2.75) is 33.7 Å². The van der Waals surface area contributed by atoms with Crippen LogP contribution in [-0.4, -0.2) is 13.2 Å². The van der Waals surface area contributed by atoms with Crippen molar-refractivity contribution >= 4 is 5.69 Å². The fourth-order valence-corrected chi connectivity index (χ4v) is 2.13. The van der Waals surface area contributed by atoms with Crippen LogP contribution in [0.25, 0.3) is 0 Å². The summed E-state index contributed by atoms with van der Waals surface area (Å²) >= 11 is 0. The summed E-state index contributed by atoms with van der Waals surface area (Å²) < 4.78 is 11.5. The molecule has 0 aromatic heterocycles. The number of hydrogen-bond donors (Lipinski definition) is 1. The minimum Gasteiger partial charge on any atom is -0.493 e. The van der Waals surface area contributed by atoms with E-state index < -0.39 is 0 Å². The van der Waals surface area contributed by atoms with E-state index in [4.69, 9.17) is 9.47 Å². The Bertz CT molecular complexity index is 578. The van der Waals surface area contributed by atoms with Crippen molar-refractivity contribution in [3.63, 3.8) is 0 Å². The number of benzene rings is 2. The second kappa shape index (κ2) is 9.09. The first kappa shape index (κ1) is 17.2. The lowest BCUT2D eigenvalue weighted by Crippen LogP contribution is -2.05. The molecule has 0 saturated heterocycles. The molecule has 124 valence electrons. The third-order valence-electron chi connectivity index (χ3n) is 3.35. The van der Waals surface area contributed by atoms with E-state index in [-0.39, 0.29) is 0 Å². The highest BCUT2D eigenvalue weighted by Crippen LogP contribution is 2.21. The first-order chi connectivity index (χ1) is 11.2. The maximum atomic E-state index is 5.79. The second-order valence-electron chi connectivity index (χ2n) is 6.04. The molecule has 1 N–H and O–H groups in total. The molecular weight excluding hydrogens is 286 g/mol. The van der Waals surface area contributed by atoms with Gasteiger partial charge >= 0.3 is 0 Å². The average molecular weight is 313 g/mol. The standard InChI is InChI=1S/C20H27NO2/c1-4-13-22-20-8-6-5-7-17(20)14-21-18-9-11-19(12-10-18)23-15-16(2)3/h5-12,16,21H,4,13-15H2,1-3H3. The Morgan fingerprint density at radius 3 is 2.39 bits per heavy atom. The van der Waals surface area contributed by atoms with E-state index in [0.29, 0.717) is 5.92 Å². The van der Waals surface area contributed by atoms with Crippen LogP contribution >= 0.6 is 0 Å². The van der Waals surface area contributed by atoms with Crippen molar-refractivity contribution in [1.29, 1.82) is 0 Å². The SMILES string of the molecule is CCCOc1ccccc1CNc1ccc(OCC(C)C)cc1. The van der Waals surface area contributed by atoms with Gasteiger partial charge in [-0.2, -0.15) is 0 Å². The molecule has 0 bridgehead atoms. The van der Waals surface area contributed by atoms with Crippen LogP contribution < -0.4 is 14.8 Å². The Morgan fingerprint density at radius 2 is 1.70 bits per heavy atom. The van der Waals surface area contributed by atoms with Gasteiger partial charge in [-0.3, -0.25) is 0 Å². The molecule has 0 aliphatic carbocycles. The summed E-state index contributed by atoms with van der Waals surface area (Å²) in [6, 6.07) is 16.3. The van der Waals surface area contributed by atoms with Gasteiger partial charge in [-0.1, -0.05) is 39.0 Å². The predicted octanol–water partition coefficient (Wildman–Crippen LogP) is 5.12. The van der Waals surface area contributed by atoms with Gasteiger partial charge in [0, 0.05) is 17.8 Å². The lowest BCUT2D eigenvalue weighted by molar-refractivity contribution is 0.271. The molecule has 0 spiro atoms. The first-order valence-corrected chi connectivity index (χ1v) is 8.36. The summed E-state index contributed by atoms with van der Waals surface area (Å²) in [4.78, 5) is 0. The fraction of sp³-hybridized carbons (Fsp3) is 0.400. The number of para-hydroxylation sites is 1. The van der Waals surface area contributed by atoms with Gasteiger partial charge in [0.25, 0.3) is 0 Å². The molecule has 2 aromatic carbocycles. The van der Waals surface area contributed by atoms with Crippen molar-refractivity contribution in [1.82, 2.24) is 0 Å². The molecule has 0 aliphatic heterocycles. The van der Waals surface area contributed by atoms with Crippen molar-refractivity contribution < 1.29 is 9.47 Å². The molecule has 0 unspecified atom stereocenters. The van der Waals surface area contributed by atoms with Crippen LogP contribution in [-0.2, 0) is 6.54 Å². The molecule has 23 heavy (non-hydrogen) atoms. The van der Waals surface area contributed by atoms with E-state index >= 15 is 0 Å².